The van der Waals surface area contributed by atoms with E-state index in [9.17, 15) is 22.7 Å². The molecule has 3 nitrogen and oxygen atoms in total. The molecule has 1 aromatic rings. The number of hydrogen-bond donors (Lipinski definition) is 2. The van der Waals surface area contributed by atoms with Crippen molar-refractivity contribution >= 4 is 0 Å². The Morgan fingerprint density at radius 2 is 2.00 bits per heavy atom. The summed E-state index contributed by atoms with van der Waals surface area (Å²) < 4.78 is 56.3. The van der Waals surface area contributed by atoms with Gasteiger partial charge in [-0.15, -0.1) is 0 Å². The standard InChI is InChI=1S/C13H15F4NO2/c14-10-2-1-9(11(3-10)13(15,16)17)4-18-5-12(6-19)7-20-8-12/h1-3,18-19H,4-8H2. The van der Waals surface area contributed by atoms with Gasteiger partial charge in [-0.05, 0) is 17.7 Å². The van der Waals surface area contributed by atoms with Gasteiger partial charge in [0.15, 0.2) is 0 Å². The van der Waals surface area contributed by atoms with Crippen LogP contribution in [0.3, 0.4) is 0 Å². The average Bonchev–Trinajstić information content (AvgIpc) is 2.33. The predicted octanol–water partition coefficient (Wildman–Crippen LogP) is 1.94. The molecule has 1 aromatic carbocycles. The zero-order valence-corrected chi connectivity index (χ0v) is 10.6. The van der Waals surface area contributed by atoms with Crippen LogP contribution in [0.1, 0.15) is 11.1 Å². The third-order valence-corrected chi connectivity index (χ3v) is 3.34. The van der Waals surface area contributed by atoms with Crippen LogP contribution in [0.4, 0.5) is 17.6 Å². The first-order chi connectivity index (χ1) is 9.36. The zero-order chi connectivity index (χ0) is 14.8. The van der Waals surface area contributed by atoms with E-state index >= 15 is 0 Å². The van der Waals surface area contributed by atoms with Gasteiger partial charge in [-0.2, -0.15) is 13.2 Å². The Morgan fingerprint density at radius 1 is 1.30 bits per heavy atom. The van der Waals surface area contributed by atoms with Gasteiger partial charge in [0.1, 0.15) is 5.82 Å². The van der Waals surface area contributed by atoms with Crippen molar-refractivity contribution in [2.45, 2.75) is 12.7 Å². The first-order valence-electron chi connectivity index (χ1n) is 6.11. The van der Waals surface area contributed by atoms with Crippen LogP contribution in [-0.4, -0.2) is 31.5 Å². The summed E-state index contributed by atoms with van der Waals surface area (Å²) in [5, 5.41) is 12.1. The molecule has 0 bridgehead atoms. The topological polar surface area (TPSA) is 41.5 Å². The Labute approximate surface area is 113 Å². The van der Waals surface area contributed by atoms with Crippen molar-refractivity contribution in [1.29, 1.82) is 0 Å². The lowest BCUT2D eigenvalue weighted by Crippen LogP contribution is -2.52. The van der Waals surface area contributed by atoms with Crippen molar-refractivity contribution in [1.82, 2.24) is 5.32 Å². The molecule has 1 fully saturated rings. The van der Waals surface area contributed by atoms with Gasteiger partial charge in [-0.25, -0.2) is 4.39 Å². The Balaban J connectivity index is 2.02. The number of aliphatic hydroxyl groups excluding tert-OH is 1. The number of nitrogens with one attached hydrogen (secondary N) is 1. The molecule has 1 aliphatic heterocycles. The normalized spacial score (nSPS) is 17.9. The van der Waals surface area contributed by atoms with Crippen LogP contribution in [0.5, 0.6) is 0 Å². The van der Waals surface area contributed by atoms with Gasteiger partial charge in [0.05, 0.1) is 30.8 Å². The summed E-state index contributed by atoms with van der Waals surface area (Å²) in [4.78, 5) is 0. The molecule has 0 amide bonds. The maximum absolute atomic E-state index is 12.9. The summed E-state index contributed by atoms with van der Waals surface area (Å²) in [6.45, 7) is 0.975. The zero-order valence-electron chi connectivity index (χ0n) is 10.6. The van der Waals surface area contributed by atoms with Crippen LogP contribution >= 0.6 is 0 Å². The lowest BCUT2D eigenvalue weighted by molar-refractivity contribution is -0.139. The second-order valence-corrected chi connectivity index (χ2v) is 5.05. The van der Waals surface area contributed by atoms with Gasteiger partial charge >= 0.3 is 6.18 Å². The highest BCUT2D eigenvalue weighted by molar-refractivity contribution is 5.30. The molecular weight excluding hydrogens is 278 g/mol. The molecule has 0 spiro atoms. The highest BCUT2D eigenvalue weighted by Gasteiger charge is 2.38. The van der Waals surface area contributed by atoms with E-state index in [-0.39, 0.29) is 18.7 Å². The maximum Gasteiger partial charge on any atom is 0.416 e. The van der Waals surface area contributed by atoms with Crippen molar-refractivity contribution in [3.05, 3.63) is 35.1 Å². The first-order valence-corrected chi connectivity index (χ1v) is 6.11. The second-order valence-electron chi connectivity index (χ2n) is 5.05. The fourth-order valence-electron chi connectivity index (χ4n) is 2.07. The number of benzene rings is 1. The van der Waals surface area contributed by atoms with Crippen LogP contribution in [0.2, 0.25) is 0 Å². The van der Waals surface area contributed by atoms with Crippen molar-refractivity contribution in [2.24, 2.45) is 5.41 Å². The van der Waals surface area contributed by atoms with Crippen molar-refractivity contribution in [2.75, 3.05) is 26.4 Å². The molecule has 2 N–H and O–H groups in total. The number of hydrogen-bond acceptors (Lipinski definition) is 3. The number of ether oxygens (including phenoxy) is 1. The van der Waals surface area contributed by atoms with E-state index in [0.29, 0.717) is 25.8 Å². The van der Waals surface area contributed by atoms with Crippen molar-refractivity contribution in [3.63, 3.8) is 0 Å². The molecule has 20 heavy (non-hydrogen) atoms. The van der Waals surface area contributed by atoms with E-state index in [2.05, 4.69) is 5.32 Å². The number of halogens is 4. The summed E-state index contributed by atoms with van der Waals surface area (Å²) in [6.07, 6.45) is -4.59. The van der Waals surface area contributed by atoms with Crippen molar-refractivity contribution < 1.29 is 27.4 Å². The lowest BCUT2D eigenvalue weighted by atomic mass is 9.87. The highest BCUT2D eigenvalue weighted by Crippen LogP contribution is 2.32. The summed E-state index contributed by atoms with van der Waals surface area (Å²) >= 11 is 0. The molecule has 7 heteroatoms. The van der Waals surface area contributed by atoms with Gasteiger partial charge in [-0.1, -0.05) is 6.07 Å². The largest absolute Gasteiger partial charge is 0.416 e. The molecule has 0 aliphatic carbocycles. The van der Waals surface area contributed by atoms with Crippen LogP contribution in [0, 0.1) is 11.2 Å². The van der Waals surface area contributed by atoms with Gasteiger partial charge in [0.2, 0.25) is 0 Å². The smallest absolute Gasteiger partial charge is 0.396 e. The molecule has 0 saturated carbocycles. The molecule has 112 valence electrons. The van der Waals surface area contributed by atoms with Crippen LogP contribution in [0.25, 0.3) is 0 Å². The Hall–Kier alpha value is -1.18. The van der Waals surface area contributed by atoms with Gasteiger partial charge in [-0.3, -0.25) is 0 Å². The highest BCUT2D eigenvalue weighted by atomic mass is 19.4. The van der Waals surface area contributed by atoms with Gasteiger partial charge < -0.3 is 15.2 Å². The number of rotatable bonds is 5. The lowest BCUT2D eigenvalue weighted by Gasteiger charge is -2.40. The SMILES string of the molecule is OCC1(CNCc2ccc(F)cc2C(F)(F)F)COC1. The van der Waals surface area contributed by atoms with Gasteiger partial charge in [0.25, 0.3) is 0 Å². The Bertz CT molecular complexity index is 466. The number of aliphatic hydroxyl groups is 1. The Kier molecular flexibility index (Phi) is 4.31. The van der Waals surface area contributed by atoms with Crippen molar-refractivity contribution in [3.8, 4) is 0 Å². The summed E-state index contributed by atoms with van der Waals surface area (Å²) in [6, 6.07) is 2.61. The molecular formula is C13H15F4NO2. The molecule has 0 radical (unpaired) electrons. The summed E-state index contributed by atoms with van der Waals surface area (Å²) in [5.74, 6) is -0.916. The van der Waals surface area contributed by atoms with E-state index in [1.54, 1.807) is 0 Å². The third kappa shape index (κ3) is 3.28. The predicted molar refractivity (Wildman–Crippen MR) is 63.4 cm³/mol. The molecule has 0 atom stereocenters. The fraction of sp³-hybridized carbons (Fsp3) is 0.538. The molecule has 0 unspecified atom stereocenters. The summed E-state index contributed by atoms with van der Waals surface area (Å²) in [7, 11) is 0. The molecule has 1 heterocycles. The van der Waals surface area contributed by atoms with E-state index in [4.69, 9.17) is 4.74 Å². The van der Waals surface area contributed by atoms with Crippen LogP contribution in [-0.2, 0) is 17.5 Å². The van der Waals surface area contributed by atoms with E-state index in [1.807, 2.05) is 0 Å². The van der Waals surface area contributed by atoms with Crippen LogP contribution < -0.4 is 5.32 Å². The quantitative estimate of drug-likeness (QED) is 0.815. The monoisotopic (exact) mass is 293 g/mol. The van der Waals surface area contributed by atoms with E-state index in [1.165, 1.54) is 0 Å². The first kappa shape index (κ1) is 15.2. The average molecular weight is 293 g/mol. The fourth-order valence-corrected chi connectivity index (χ4v) is 2.07. The minimum atomic E-state index is -4.59. The van der Waals surface area contributed by atoms with E-state index < -0.39 is 23.0 Å². The molecule has 0 aromatic heterocycles. The molecule has 1 aliphatic rings. The number of alkyl halides is 3. The second kappa shape index (κ2) is 5.67. The van der Waals surface area contributed by atoms with Gasteiger partial charge in [0, 0.05) is 13.1 Å². The minimum Gasteiger partial charge on any atom is -0.396 e. The Morgan fingerprint density at radius 3 is 2.50 bits per heavy atom. The van der Waals surface area contributed by atoms with E-state index in [0.717, 1.165) is 12.1 Å². The minimum absolute atomic E-state index is 0.0211. The molecule has 1 saturated heterocycles. The van der Waals surface area contributed by atoms with Crippen LogP contribution in [0.15, 0.2) is 18.2 Å². The summed E-state index contributed by atoms with van der Waals surface area (Å²) in [5.41, 5.74) is -1.42. The third-order valence-electron chi connectivity index (χ3n) is 3.34. The molecule has 2 rings (SSSR count). The maximum atomic E-state index is 12.9.